The summed E-state index contributed by atoms with van der Waals surface area (Å²) in [5.41, 5.74) is 0.453. The largest absolute Gasteiger partial charge is 0.480 e. The van der Waals surface area contributed by atoms with Crippen molar-refractivity contribution in [3.63, 3.8) is 0 Å². The molecule has 1 fully saturated rings. The van der Waals surface area contributed by atoms with Crippen molar-refractivity contribution >= 4 is 5.91 Å². The number of carbonyl (C=O) groups is 1. The Labute approximate surface area is 118 Å². The van der Waals surface area contributed by atoms with Crippen molar-refractivity contribution in [2.24, 2.45) is 0 Å². The van der Waals surface area contributed by atoms with Crippen molar-refractivity contribution in [2.45, 2.75) is 18.9 Å². The van der Waals surface area contributed by atoms with E-state index in [0.717, 1.165) is 25.9 Å². The molecule has 1 amide bonds. The maximum atomic E-state index is 12.2. The lowest BCUT2D eigenvalue weighted by atomic mass is 10.0. The third-order valence-corrected chi connectivity index (χ3v) is 3.43. The molecule has 0 atom stereocenters. The number of methoxy groups -OCH3 is 1. The van der Waals surface area contributed by atoms with Gasteiger partial charge in [-0.05, 0) is 25.0 Å². The summed E-state index contributed by atoms with van der Waals surface area (Å²) in [5, 5.41) is 11.7. The predicted molar refractivity (Wildman–Crippen MR) is 73.3 cm³/mol. The Balaban J connectivity index is 1.91. The van der Waals surface area contributed by atoms with E-state index in [1.807, 2.05) is 0 Å². The van der Waals surface area contributed by atoms with Gasteiger partial charge in [0.05, 0.1) is 19.7 Å². The van der Waals surface area contributed by atoms with Crippen LogP contribution in [0.15, 0.2) is 18.3 Å². The highest BCUT2D eigenvalue weighted by molar-refractivity contribution is 5.96. The van der Waals surface area contributed by atoms with Crippen LogP contribution in [0.1, 0.15) is 23.2 Å². The fraction of sp³-hybridized carbons (Fsp3) is 0.500. The normalized spacial score (nSPS) is 16.4. The van der Waals surface area contributed by atoms with Crippen molar-refractivity contribution in [1.29, 1.82) is 5.26 Å². The summed E-state index contributed by atoms with van der Waals surface area (Å²) in [5.74, 6) is 0.181. The van der Waals surface area contributed by atoms with Gasteiger partial charge in [0.25, 0.3) is 5.91 Å². The molecule has 6 nitrogen and oxygen atoms in total. The molecule has 2 heterocycles. The lowest BCUT2D eigenvalue weighted by Gasteiger charge is -2.30. The van der Waals surface area contributed by atoms with Crippen LogP contribution in [0.4, 0.5) is 0 Å². The van der Waals surface area contributed by atoms with Gasteiger partial charge in [0, 0.05) is 25.3 Å². The van der Waals surface area contributed by atoms with Crippen molar-refractivity contribution in [3.05, 3.63) is 23.9 Å². The van der Waals surface area contributed by atoms with E-state index in [1.165, 1.54) is 7.11 Å². The number of likely N-dealkylation sites (tertiary alicyclic amines) is 1. The Kier molecular flexibility index (Phi) is 4.91. The molecule has 0 bridgehead atoms. The lowest BCUT2D eigenvalue weighted by molar-refractivity contribution is 0.0910. The van der Waals surface area contributed by atoms with E-state index in [4.69, 9.17) is 10.00 Å². The average molecular weight is 274 g/mol. The molecule has 1 aliphatic heterocycles. The standard InChI is InChI=1S/C14H18N4O2/c1-20-14-12(3-2-7-16-14)13(19)17-11-4-8-18(9-5-11)10-6-15/h2-3,7,11H,4-5,8-10H2,1H3,(H,17,19). The van der Waals surface area contributed by atoms with Gasteiger partial charge in [-0.25, -0.2) is 4.98 Å². The molecule has 0 unspecified atom stereocenters. The van der Waals surface area contributed by atoms with Crippen LogP contribution >= 0.6 is 0 Å². The van der Waals surface area contributed by atoms with Gasteiger partial charge in [-0.2, -0.15) is 5.26 Å². The van der Waals surface area contributed by atoms with Gasteiger partial charge in [-0.3, -0.25) is 9.69 Å². The third kappa shape index (κ3) is 3.45. The van der Waals surface area contributed by atoms with E-state index in [1.54, 1.807) is 18.3 Å². The van der Waals surface area contributed by atoms with Gasteiger partial charge in [0.15, 0.2) is 0 Å². The molecule has 1 N–H and O–H groups in total. The molecule has 2 rings (SSSR count). The summed E-state index contributed by atoms with van der Waals surface area (Å²) in [6, 6.07) is 5.70. The molecule has 1 aliphatic rings. The highest BCUT2D eigenvalue weighted by Gasteiger charge is 2.22. The summed E-state index contributed by atoms with van der Waals surface area (Å²) in [4.78, 5) is 18.3. The highest BCUT2D eigenvalue weighted by atomic mass is 16.5. The Morgan fingerprint density at radius 2 is 2.35 bits per heavy atom. The molecule has 6 heteroatoms. The minimum atomic E-state index is -0.159. The number of carbonyl (C=O) groups excluding carboxylic acids is 1. The summed E-state index contributed by atoms with van der Waals surface area (Å²) in [6.45, 7) is 2.13. The summed E-state index contributed by atoms with van der Waals surface area (Å²) < 4.78 is 5.09. The van der Waals surface area contributed by atoms with E-state index < -0.39 is 0 Å². The van der Waals surface area contributed by atoms with E-state index >= 15 is 0 Å². The Hall–Kier alpha value is -2.13. The van der Waals surface area contributed by atoms with Crippen LogP contribution in [0, 0.1) is 11.3 Å². The van der Waals surface area contributed by atoms with Crippen LogP contribution in [-0.4, -0.2) is 48.6 Å². The summed E-state index contributed by atoms with van der Waals surface area (Å²) >= 11 is 0. The number of ether oxygens (including phenoxy) is 1. The van der Waals surface area contributed by atoms with Gasteiger partial charge >= 0.3 is 0 Å². The first-order chi connectivity index (χ1) is 9.74. The number of nitrogens with zero attached hydrogens (tertiary/aromatic N) is 3. The van der Waals surface area contributed by atoms with Gasteiger partial charge in [-0.15, -0.1) is 0 Å². The van der Waals surface area contributed by atoms with Crippen LogP contribution in [0.2, 0.25) is 0 Å². The molecule has 0 saturated carbocycles. The quantitative estimate of drug-likeness (QED) is 0.822. The smallest absolute Gasteiger partial charge is 0.256 e. The van der Waals surface area contributed by atoms with Crippen LogP contribution in [0.3, 0.4) is 0 Å². The first-order valence-electron chi connectivity index (χ1n) is 6.63. The van der Waals surface area contributed by atoms with Gasteiger partial charge < -0.3 is 10.1 Å². The van der Waals surface area contributed by atoms with Gasteiger partial charge in [-0.1, -0.05) is 0 Å². The topological polar surface area (TPSA) is 78.2 Å². The SMILES string of the molecule is COc1ncccc1C(=O)NC1CCN(CC#N)CC1. The molecule has 20 heavy (non-hydrogen) atoms. The minimum absolute atomic E-state index is 0.141. The highest BCUT2D eigenvalue weighted by Crippen LogP contribution is 2.15. The number of rotatable bonds is 4. The molecule has 0 aromatic carbocycles. The van der Waals surface area contributed by atoms with Gasteiger partial charge in [0.1, 0.15) is 5.56 Å². The van der Waals surface area contributed by atoms with Crippen LogP contribution in [0.25, 0.3) is 0 Å². The number of amides is 1. The summed E-state index contributed by atoms with van der Waals surface area (Å²) in [6.07, 6.45) is 3.31. The van der Waals surface area contributed by atoms with Crippen molar-refractivity contribution in [2.75, 3.05) is 26.7 Å². The molecule has 1 aromatic heterocycles. The Bertz CT molecular complexity index is 504. The van der Waals surface area contributed by atoms with Crippen LogP contribution in [-0.2, 0) is 0 Å². The number of pyridine rings is 1. The molecule has 0 radical (unpaired) electrons. The van der Waals surface area contributed by atoms with Crippen LogP contribution in [0.5, 0.6) is 5.88 Å². The van der Waals surface area contributed by atoms with E-state index in [-0.39, 0.29) is 11.9 Å². The third-order valence-electron chi connectivity index (χ3n) is 3.43. The molecular formula is C14H18N4O2. The van der Waals surface area contributed by atoms with Crippen molar-refractivity contribution in [3.8, 4) is 11.9 Å². The molecule has 0 spiro atoms. The number of hydrogen-bond acceptors (Lipinski definition) is 5. The molecular weight excluding hydrogens is 256 g/mol. The first-order valence-corrected chi connectivity index (χ1v) is 6.63. The summed E-state index contributed by atoms with van der Waals surface area (Å²) in [7, 11) is 1.50. The number of nitriles is 1. The number of piperidine rings is 1. The zero-order valence-corrected chi connectivity index (χ0v) is 11.5. The predicted octanol–water partition coefficient (Wildman–Crippen LogP) is 0.808. The lowest BCUT2D eigenvalue weighted by Crippen LogP contribution is -2.44. The van der Waals surface area contributed by atoms with E-state index in [9.17, 15) is 4.79 Å². The maximum Gasteiger partial charge on any atom is 0.256 e. The molecule has 0 aliphatic carbocycles. The second-order valence-corrected chi connectivity index (χ2v) is 4.74. The second kappa shape index (κ2) is 6.87. The molecule has 1 aromatic rings. The second-order valence-electron chi connectivity index (χ2n) is 4.74. The zero-order valence-electron chi connectivity index (χ0n) is 11.5. The minimum Gasteiger partial charge on any atom is -0.480 e. The fourth-order valence-electron chi connectivity index (χ4n) is 2.32. The Morgan fingerprint density at radius 1 is 1.60 bits per heavy atom. The fourth-order valence-corrected chi connectivity index (χ4v) is 2.32. The van der Waals surface area contributed by atoms with Crippen molar-refractivity contribution < 1.29 is 9.53 Å². The van der Waals surface area contributed by atoms with E-state index in [0.29, 0.717) is 18.0 Å². The van der Waals surface area contributed by atoms with Crippen molar-refractivity contribution in [1.82, 2.24) is 15.2 Å². The average Bonchev–Trinajstić information content (AvgIpc) is 2.49. The zero-order chi connectivity index (χ0) is 14.4. The number of nitrogens with one attached hydrogen (secondary N) is 1. The molecule has 106 valence electrons. The van der Waals surface area contributed by atoms with E-state index in [2.05, 4.69) is 21.3 Å². The molecule has 1 saturated heterocycles. The number of hydrogen-bond donors (Lipinski definition) is 1. The van der Waals surface area contributed by atoms with Crippen LogP contribution < -0.4 is 10.1 Å². The monoisotopic (exact) mass is 274 g/mol. The Morgan fingerprint density at radius 3 is 3.00 bits per heavy atom. The first kappa shape index (κ1) is 14.3. The maximum absolute atomic E-state index is 12.2. The number of aromatic nitrogens is 1. The van der Waals surface area contributed by atoms with Gasteiger partial charge in [0.2, 0.25) is 5.88 Å².